The Morgan fingerprint density at radius 2 is 0.984 bits per heavy atom. The number of ketones is 2. The summed E-state index contributed by atoms with van der Waals surface area (Å²) >= 11 is 0. The first-order valence-corrected chi connectivity index (χ1v) is 40.8. The van der Waals surface area contributed by atoms with Crippen molar-refractivity contribution in [3.8, 4) is 17.2 Å². The van der Waals surface area contributed by atoms with Crippen molar-refractivity contribution >= 4 is 118 Å². The molecule has 2 saturated heterocycles. The van der Waals surface area contributed by atoms with Crippen LogP contribution in [0.3, 0.4) is 0 Å². The van der Waals surface area contributed by atoms with E-state index in [1.54, 1.807) is 12.1 Å². The van der Waals surface area contributed by atoms with Gasteiger partial charge in [0.1, 0.15) is 43.1 Å². The first-order valence-electron chi connectivity index (χ1n) is 40.8. The van der Waals surface area contributed by atoms with Crippen molar-refractivity contribution in [2.45, 2.75) is 192 Å². The molecule has 0 spiro atoms. The normalized spacial score (nSPS) is 23.8. The average molecular weight is 1740 g/mol. The number of nitrogens with one attached hydrogen (secondary N) is 8. The fourth-order valence-corrected chi connectivity index (χ4v) is 14.2. The zero-order valence-corrected chi connectivity index (χ0v) is 69.9. The van der Waals surface area contributed by atoms with Crippen LogP contribution in [0.15, 0.2) is 97.1 Å². The van der Waals surface area contributed by atoms with Gasteiger partial charge in [0.15, 0.2) is 35.5 Å². The number of Topliss-reactive ketones (excluding diaryl/α,β-unsaturated/α-hetero) is 2. The highest BCUT2D eigenvalue weighted by Crippen LogP contribution is 2.44. The number of anilines is 4. The van der Waals surface area contributed by atoms with Gasteiger partial charge in [-0.3, -0.25) is 67.1 Å². The third-order valence-electron chi connectivity index (χ3n) is 21.1. The molecule has 40 heteroatoms. The highest BCUT2D eigenvalue weighted by atomic mass is 16.6. The zero-order valence-electron chi connectivity index (χ0n) is 69.9. The quantitative estimate of drug-likeness (QED) is 0.101. The first kappa shape index (κ1) is 95.9. The minimum absolute atomic E-state index is 0.0108. The highest BCUT2D eigenvalue weighted by Gasteiger charge is 2.49. The topological polar surface area (TPSA) is 548 Å². The van der Waals surface area contributed by atoms with Gasteiger partial charge in [0, 0.05) is 99.8 Å². The van der Waals surface area contributed by atoms with Crippen molar-refractivity contribution in [1.29, 1.82) is 0 Å². The minimum atomic E-state index is -1.91. The van der Waals surface area contributed by atoms with Crippen molar-refractivity contribution < 1.29 is 135 Å². The summed E-state index contributed by atoms with van der Waals surface area (Å²) in [7, 11) is 1.37. The number of carboxylic acid groups (broad SMARTS) is 2. The van der Waals surface area contributed by atoms with Crippen LogP contribution >= 0.6 is 0 Å². The van der Waals surface area contributed by atoms with E-state index in [0.717, 1.165) is 9.80 Å². The number of benzene rings is 4. The molecule has 10 atom stereocenters. The van der Waals surface area contributed by atoms with E-state index in [9.17, 15) is 102 Å². The Bertz CT molecular complexity index is 4430. The molecule has 40 nitrogen and oxygen atoms in total. The lowest BCUT2D eigenvalue weighted by Gasteiger charge is -2.31. The number of nitrogens with zero attached hydrogens (tertiary/aromatic N) is 4. The molecule has 4 aromatic rings. The maximum absolute atomic E-state index is 14.4. The number of hydrogen-bond donors (Lipinski definition) is 13. The monoisotopic (exact) mass is 1740 g/mol. The van der Waals surface area contributed by atoms with Crippen LogP contribution in [0, 0.1) is 5.92 Å². The number of ether oxygens (including phenoxy) is 7. The maximum Gasteiger partial charge on any atom is 0.416 e. The number of aliphatic hydroxyl groups excluding tert-OH is 3. The van der Waals surface area contributed by atoms with Gasteiger partial charge >= 0.3 is 24.1 Å². The molecule has 0 saturated carbocycles. The lowest BCUT2D eigenvalue weighted by atomic mass is 9.98. The Balaban J connectivity index is 0.887. The molecule has 0 aromatic heterocycles. The summed E-state index contributed by atoms with van der Waals surface area (Å²) in [6, 6.07) is 8.79. The summed E-state index contributed by atoms with van der Waals surface area (Å²) in [6.07, 6.45) is -7.96. The van der Waals surface area contributed by atoms with Gasteiger partial charge in [-0.05, 0) is 107 Å². The number of methoxy groups -OCH3 is 1. The molecule has 11 rings (SSSR count). The van der Waals surface area contributed by atoms with Crippen LogP contribution in [0.1, 0.15) is 155 Å². The fraction of sp³-hybridized carbons (Fsp3) is 0.482. The van der Waals surface area contributed by atoms with E-state index in [1.807, 2.05) is 0 Å². The summed E-state index contributed by atoms with van der Waals surface area (Å²) < 4.78 is 40.9. The van der Waals surface area contributed by atoms with E-state index < -0.39 is 194 Å². The molecule has 0 radical (unpaired) electrons. The zero-order chi connectivity index (χ0) is 90.9. The van der Waals surface area contributed by atoms with Crippen molar-refractivity contribution in [3.05, 3.63) is 125 Å². The molecular weight excluding hydrogens is 1640 g/mol. The van der Waals surface area contributed by atoms with E-state index in [-0.39, 0.29) is 162 Å². The number of rotatable bonds is 10. The van der Waals surface area contributed by atoms with Gasteiger partial charge in [0.25, 0.3) is 11.8 Å². The van der Waals surface area contributed by atoms with Crippen LogP contribution in [-0.2, 0) is 96.3 Å². The minimum Gasteiger partial charge on any atom is -0.493 e. The maximum atomic E-state index is 14.4. The Morgan fingerprint density at radius 1 is 0.504 bits per heavy atom. The van der Waals surface area contributed by atoms with E-state index >= 15 is 0 Å². The Morgan fingerprint density at radius 3 is 1.50 bits per heavy atom. The van der Waals surface area contributed by atoms with Gasteiger partial charge in [-0.1, -0.05) is 55.5 Å². The Kier molecular flexibility index (Phi) is 34.9. The molecule has 12 amide bonds. The number of fused-ring (bicyclic) bond motifs is 4. The molecule has 10 unspecified atom stereocenters. The van der Waals surface area contributed by atoms with Crippen molar-refractivity contribution in [1.82, 2.24) is 41.7 Å². The van der Waals surface area contributed by atoms with Crippen molar-refractivity contribution in [2.75, 3.05) is 86.8 Å². The van der Waals surface area contributed by atoms with E-state index in [1.165, 1.54) is 105 Å². The van der Waals surface area contributed by atoms with Crippen molar-refractivity contribution in [3.63, 3.8) is 0 Å². The standard InChI is InChI=1S/C85H106N12O28/c1-46-34-61-82(115)96-59-39-65(54(43-98)37-57(59)80(113)94(61)41-46)122-29-9-8-10-30-123-67-40-60-58(38-66(67)119-7)81(114)95-42-47(2)35-62(95)83(116)97(60)85(118)125-44-52-13-17-55(18-14-52)90-76(109)48(3)36-64(100)49(4)87-70(103)26-32-121-33-27-86-79(112)75(93-69(102)22-24-73(107)108)74(92-68(101)21-23-72(105)106)63(99)12-11-28-120-31-25-71(104)88-50(5)77(110)89-51(6)78(111)91-56-19-15-53(16-20-56)45-124-84(96)117/h13-20,37-40,48-51,61-62,74-75,82-83,98,115-116H,1-2,8-12,21-36,41-45H2,3-7H3,(H,86,112)(H,87,103)(H,88,104)(H,89,110)(H,90,109)(H,91,111)(H,92,101)(H,93,102)(H,105,106)(H,107,108). The molecule has 13 N–H and O–H groups in total. The molecular formula is C85H106N12O28. The molecule has 2 fully saturated rings. The largest absolute Gasteiger partial charge is 0.493 e. The summed E-state index contributed by atoms with van der Waals surface area (Å²) in [5, 5.41) is 73.3. The molecule has 7 aliphatic heterocycles. The second kappa shape index (κ2) is 45.5. The van der Waals surface area contributed by atoms with Crippen LogP contribution in [0.5, 0.6) is 17.2 Å². The third kappa shape index (κ3) is 26.6. The number of carboxylic acids is 2. The lowest BCUT2D eigenvalue weighted by molar-refractivity contribution is -0.140. The van der Waals surface area contributed by atoms with E-state index in [2.05, 4.69) is 55.7 Å². The lowest BCUT2D eigenvalue weighted by Crippen LogP contribution is -2.61. The number of aliphatic hydroxyl groups is 3. The van der Waals surface area contributed by atoms with Crippen molar-refractivity contribution in [2.24, 2.45) is 5.92 Å². The predicted molar refractivity (Wildman–Crippen MR) is 442 cm³/mol. The molecule has 125 heavy (non-hydrogen) atoms. The fourth-order valence-electron chi connectivity index (χ4n) is 14.2. The van der Waals surface area contributed by atoms with Gasteiger partial charge < -0.3 is 111 Å². The van der Waals surface area contributed by atoms with Gasteiger partial charge in [0.2, 0.25) is 47.3 Å². The molecule has 7 heterocycles. The number of amides is 12. The van der Waals surface area contributed by atoms with Gasteiger partial charge in [-0.15, -0.1) is 0 Å². The number of aliphatic carboxylic acids is 2. The van der Waals surface area contributed by atoms with Crippen LogP contribution in [0.25, 0.3) is 0 Å². The molecule has 7 aliphatic rings. The van der Waals surface area contributed by atoms with Crippen LogP contribution in [0.4, 0.5) is 32.3 Å². The highest BCUT2D eigenvalue weighted by molar-refractivity contribution is 6.08. The van der Waals surface area contributed by atoms with E-state index in [4.69, 9.17) is 33.2 Å². The van der Waals surface area contributed by atoms with E-state index in [0.29, 0.717) is 47.2 Å². The second-order valence-corrected chi connectivity index (χ2v) is 30.7. The van der Waals surface area contributed by atoms with Gasteiger partial charge in [-0.25, -0.2) is 19.4 Å². The molecule has 4 aromatic carbocycles. The Hall–Kier alpha value is -12.9. The summed E-state index contributed by atoms with van der Waals surface area (Å²) in [6.45, 7) is 11.4. The average Bonchev–Trinajstić information content (AvgIpc) is 1.61. The predicted octanol–water partition coefficient (Wildman–Crippen LogP) is 3.29. The summed E-state index contributed by atoms with van der Waals surface area (Å²) in [4.78, 5) is 218. The summed E-state index contributed by atoms with van der Waals surface area (Å²) in [5.74, 6) is -12.1. The van der Waals surface area contributed by atoms with Gasteiger partial charge in [-0.2, -0.15) is 0 Å². The first-order chi connectivity index (χ1) is 59.6. The Labute approximate surface area is 718 Å². The molecule has 0 aliphatic carbocycles. The van der Waals surface area contributed by atoms with Crippen LogP contribution in [0.2, 0.25) is 0 Å². The number of carbonyl (C=O) groups is 16. The number of carbonyl (C=O) groups excluding carboxylic acids is 14. The van der Waals surface area contributed by atoms with Crippen LogP contribution < -0.4 is 66.5 Å². The third-order valence-corrected chi connectivity index (χ3v) is 21.1. The molecule has 8 bridgehead atoms. The molecule has 674 valence electrons. The SMILES string of the molecule is C=C1CC2C(O)N3C(=O)OCc4ccc(cc4)NC(=O)C(C)NC(=O)C(C)NC(=O)CCOCCCC(=O)C(NC(=O)CCC(=O)O)C(NC(=O)CCC(=O)O)C(=O)NCCOCCC(=O)NC(C)C(=O)CC(C)C(=O)Nc4ccc(cc4)COC(=O)N4c5cc(c(OC)cc5C(=O)N5CC(=C)CC5C4O)OCCCCCOc4cc3c(cc4CO)C(=O)N2C1. The van der Waals surface area contributed by atoms with Gasteiger partial charge in [0.05, 0.1) is 100 Å². The van der Waals surface area contributed by atoms with Crippen LogP contribution in [-0.4, -0.2) is 251 Å². The second-order valence-electron chi connectivity index (χ2n) is 30.7. The number of hydrogen-bond acceptors (Lipinski definition) is 26. The summed E-state index contributed by atoms with van der Waals surface area (Å²) in [5.41, 5.74) is 2.71. The smallest absolute Gasteiger partial charge is 0.416 e.